The van der Waals surface area contributed by atoms with Crippen LogP contribution >= 0.6 is 0 Å². The van der Waals surface area contributed by atoms with Gasteiger partial charge in [0.15, 0.2) is 0 Å². The van der Waals surface area contributed by atoms with E-state index in [1.54, 1.807) is 24.5 Å². The molecule has 0 radical (unpaired) electrons. The summed E-state index contributed by atoms with van der Waals surface area (Å²) in [6.07, 6.45) is 6.57. The summed E-state index contributed by atoms with van der Waals surface area (Å²) in [6, 6.07) is 20.7. The molecule has 0 bridgehead atoms. The molecule has 3 aromatic carbocycles. The summed E-state index contributed by atoms with van der Waals surface area (Å²) in [4.78, 5) is 17.3. The number of hydrogen-bond acceptors (Lipinski definition) is 5. The molecule has 6 rings (SSSR count). The molecule has 8 nitrogen and oxygen atoms in total. The van der Waals surface area contributed by atoms with Crippen LogP contribution in [0.5, 0.6) is 0 Å². The molecule has 41 heavy (non-hydrogen) atoms. The van der Waals surface area contributed by atoms with Gasteiger partial charge in [-0.05, 0) is 66.2 Å². The fourth-order valence-corrected chi connectivity index (χ4v) is 5.50. The molecule has 0 spiro atoms. The maximum absolute atomic E-state index is 13.7. The number of carbonyl (C=O) groups is 1. The van der Waals surface area contributed by atoms with Crippen LogP contribution in [0, 0.1) is 5.82 Å². The van der Waals surface area contributed by atoms with Gasteiger partial charge in [-0.25, -0.2) is 12.8 Å². The number of anilines is 1. The lowest BCUT2D eigenvalue weighted by molar-refractivity contribution is 0.0964. The Morgan fingerprint density at radius 1 is 1.02 bits per heavy atom. The van der Waals surface area contributed by atoms with Gasteiger partial charge in [0.25, 0.3) is 5.91 Å². The number of carbonyl (C=O) groups excluding carboxylic acids is 1. The van der Waals surface area contributed by atoms with Gasteiger partial charge in [-0.1, -0.05) is 6.07 Å². The zero-order chi connectivity index (χ0) is 28.9. The number of hydrogen-bond donors (Lipinski definition) is 1. The molecule has 0 atom stereocenters. The summed E-state index contributed by atoms with van der Waals surface area (Å²) in [5.74, 6) is -0.547. The van der Waals surface area contributed by atoms with Crippen LogP contribution < -0.4 is 9.62 Å². The molecule has 0 fully saturated rings. The van der Waals surface area contributed by atoms with E-state index >= 15 is 0 Å². The molecular weight excluding hydrogens is 543 g/mol. The molecule has 1 N–H and O–H groups in total. The Morgan fingerprint density at radius 2 is 1.78 bits per heavy atom. The SMILES string of the molecule is CNC(=O)c1c(-c2ccc(F)cc2)oc2cc(N(C)S(C)(=O)=O)c(-c3ccc4c(ccn4-c4cccnc4)c3)cc12. The first-order valence-electron chi connectivity index (χ1n) is 12.7. The minimum Gasteiger partial charge on any atom is -0.455 e. The van der Waals surface area contributed by atoms with Crippen molar-refractivity contribution >= 4 is 43.5 Å². The number of rotatable bonds is 6. The summed E-state index contributed by atoms with van der Waals surface area (Å²) >= 11 is 0. The van der Waals surface area contributed by atoms with Crippen molar-refractivity contribution in [1.82, 2.24) is 14.9 Å². The van der Waals surface area contributed by atoms with E-state index in [1.807, 2.05) is 47.2 Å². The predicted molar refractivity (Wildman–Crippen MR) is 158 cm³/mol. The molecule has 10 heteroatoms. The van der Waals surface area contributed by atoms with Gasteiger partial charge < -0.3 is 14.3 Å². The smallest absolute Gasteiger partial charge is 0.255 e. The first-order valence-corrected chi connectivity index (χ1v) is 14.5. The molecule has 3 heterocycles. The maximum atomic E-state index is 13.7. The topological polar surface area (TPSA) is 97.4 Å². The number of furan rings is 1. The highest BCUT2D eigenvalue weighted by Crippen LogP contribution is 2.42. The molecule has 0 saturated carbocycles. The lowest BCUT2D eigenvalue weighted by Gasteiger charge is -2.21. The average Bonchev–Trinajstić information content (AvgIpc) is 3.57. The van der Waals surface area contributed by atoms with Crippen LogP contribution in [-0.4, -0.2) is 44.2 Å². The van der Waals surface area contributed by atoms with Crippen molar-refractivity contribution in [3.8, 4) is 28.1 Å². The van der Waals surface area contributed by atoms with Gasteiger partial charge in [0.2, 0.25) is 10.0 Å². The summed E-state index contributed by atoms with van der Waals surface area (Å²) < 4.78 is 48.4. The molecule has 0 saturated heterocycles. The van der Waals surface area contributed by atoms with Gasteiger partial charge in [0.05, 0.1) is 34.9 Å². The summed E-state index contributed by atoms with van der Waals surface area (Å²) in [7, 11) is -0.661. The Morgan fingerprint density at radius 3 is 2.46 bits per heavy atom. The maximum Gasteiger partial charge on any atom is 0.255 e. The quantitative estimate of drug-likeness (QED) is 0.266. The predicted octanol–water partition coefficient (Wildman–Crippen LogP) is 6.00. The molecule has 3 aromatic heterocycles. The molecule has 1 amide bonds. The number of nitrogens with zero attached hydrogens (tertiary/aromatic N) is 3. The lowest BCUT2D eigenvalue weighted by Crippen LogP contribution is -2.25. The Balaban J connectivity index is 1.61. The second-order valence-electron chi connectivity index (χ2n) is 9.66. The van der Waals surface area contributed by atoms with Gasteiger partial charge in [-0.15, -0.1) is 0 Å². The van der Waals surface area contributed by atoms with E-state index < -0.39 is 15.8 Å². The van der Waals surface area contributed by atoms with Gasteiger partial charge in [0, 0.05) is 54.5 Å². The van der Waals surface area contributed by atoms with Crippen LogP contribution in [0.15, 0.2) is 95.8 Å². The first kappa shape index (κ1) is 26.3. The second kappa shape index (κ2) is 9.90. The number of amides is 1. The molecule has 206 valence electrons. The minimum absolute atomic E-state index is 0.258. The van der Waals surface area contributed by atoms with Crippen molar-refractivity contribution < 1.29 is 22.0 Å². The lowest BCUT2D eigenvalue weighted by atomic mass is 9.97. The first-order chi connectivity index (χ1) is 19.7. The molecule has 0 aliphatic rings. The van der Waals surface area contributed by atoms with E-state index in [0.717, 1.165) is 28.4 Å². The molecule has 0 unspecified atom stereocenters. The number of aromatic nitrogens is 2. The van der Waals surface area contributed by atoms with Gasteiger partial charge in [-0.2, -0.15) is 0 Å². The Labute approximate surface area is 235 Å². The number of halogens is 1. The zero-order valence-corrected chi connectivity index (χ0v) is 23.2. The Kier molecular flexibility index (Phi) is 6.34. The van der Waals surface area contributed by atoms with Crippen LogP contribution in [0.2, 0.25) is 0 Å². The van der Waals surface area contributed by atoms with E-state index in [-0.39, 0.29) is 17.2 Å². The standard InChI is InChI=1S/C31H25FN4O4S/c1-33-31(37)29-25-16-24(20-8-11-26-21(15-20)12-14-36(26)23-5-4-13-34-18-23)27(35(2)41(3,38)39)17-28(25)40-30(29)19-6-9-22(32)10-7-19/h4-18H,1-3H3,(H,33,37). The van der Waals surface area contributed by atoms with E-state index in [0.29, 0.717) is 27.8 Å². The van der Waals surface area contributed by atoms with Crippen molar-refractivity contribution in [3.63, 3.8) is 0 Å². The molecule has 6 aromatic rings. The van der Waals surface area contributed by atoms with E-state index in [1.165, 1.54) is 42.7 Å². The molecular formula is C31H25FN4O4S. The van der Waals surface area contributed by atoms with Gasteiger partial charge >= 0.3 is 0 Å². The largest absolute Gasteiger partial charge is 0.455 e. The molecule has 0 aliphatic carbocycles. The second-order valence-corrected chi connectivity index (χ2v) is 11.7. The third kappa shape index (κ3) is 4.62. The van der Waals surface area contributed by atoms with E-state index in [2.05, 4.69) is 10.3 Å². The fourth-order valence-electron chi connectivity index (χ4n) is 4.99. The highest BCUT2D eigenvalue weighted by atomic mass is 32.2. The number of fused-ring (bicyclic) bond motifs is 2. The Hall–Kier alpha value is -4.96. The number of nitrogens with one attached hydrogen (secondary N) is 1. The highest BCUT2D eigenvalue weighted by molar-refractivity contribution is 7.92. The van der Waals surface area contributed by atoms with Crippen molar-refractivity contribution in [1.29, 1.82) is 0 Å². The number of benzene rings is 3. The Bertz CT molecular complexity index is 2050. The van der Waals surface area contributed by atoms with E-state index in [4.69, 9.17) is 4.42 Å². The van der Waals surface area contributed by atoms with Gasteiger partial charge in [0.1, 0.15) is 17.2 Å². The summed E-state index contributed by atoms with van der Waals surface area (Å²) in [5, 5.41) is 4.09. The number of sulfonamides is 1. The average molecular weight is 569 g/mol. The van der Waals surface area contributed by atoms with Crippen LogP contribution in [0.1, 0.15) is 10.4 Å². The van der Waals surface area contributed by atoms with Crippen LogP contribution in [0.4, 0.5) is 10.1 Å². The normalized spacial score (nSPS) is 11.7. The fraction of sp³-hybridized carbons (Fsp3) is 0.0968. The third-order valence-electron chi connectivity index (χ3n) is 7.13. The highest BCUT2D eigenvalue weighted by Gasteiger charge is 2.26. The van der Waals surface area contributed by atoms with Crippen LogP contribution in [0.3, 0.4) is 0 Å². The summed E-state index contributed by atoms with van der Waals surface area (Å²) in [6.45, 7) is 0. The van der Waals surface area contributed by atoms with E-state index in [9.17, 15) is 17.6 Å². The minimum atomic E-state index is -3.65. The zero-order valence-electron chi connectivity index (χ0n) is 22.4. The van der Waals surface area contributed by atoms with Crippen molar-refractivity contribution in [2.45, 2.75) is 0 Å². The van der Waals surface area contributed by atoms with Crippen molar-refractivity contribution in [2.75, 3.05) is 24.7 Å². The van der Waals surface area contributed by atoms with Gasteiger partial charge in [-0.3, -0.25) is 14.1 Å². The van der Waals surface area contributed by atoms with Crippen molar-refractivity contribution in [2.24, 2.45) is 0 Å². The number of pyridine rings is 1. The third-order valence-corrected chi connectivity index (χ3v) is 8.32. The summed E-state index contributed by atoms with van der Waals surface area (Å²) in [5.41, 5.74) is 4.70. The van der Waals surface area contributed by atoms with Crippen LogP contribution in [0.25, 0.3) is 50.0 Å². The van der Waals surface area contributed by atoms with Crippen LogP contribution in [-0.2, 0) is 10.0 Å². The molecule has 0 aliphatic heterocycles. The van der Waals surface area contributed by atoms with Crippen molar-refractivity contribution in [3.05, 3.63) is 103 Å². The monoisotopic (exact) mass is 568 g/mol.